The summed E-state index contributed by atoms with van der Waals surface area (Å²) in [5, 5.41) is 12.5. The number of likely N-dealkylation sites (tertiary alicyclic amines) is 1. The van der Waals surface area contributed by atoms with Crippen LogP contribution in [0.3, 0.4) is 0 Å². The quantitative estimate of drug-likeness (QED) is 0.701. The molecule has 1 rings (SSSR count). The number of nitrogens with zero attached hydrogens (tertiary/aromatic N) is 2. The maximum atomic E-state index is 12.4. The molecule has 1 fully saturated rings. The number of amides is 2. The van der Waals surface area contributed by atoms with E-state index in [1.54, 1.807) is 0 Å². The highest BCUT2D eigenvalue weighted by molar-refractivity contribution is 5.81. The largest absolute Gasteiger partial charge is 0.369 e. The number of carbonyl (C=O) groups excluding carboxylic acids is 2. The summed E-state index contributed by atoms with van der Waals surface area (Å²) >= 11 is 0. The SMILES string of the molecule is CCCN1CCC(C#N)(NC(=O)CCC(C)(C)C(C)(C)C(N)=O)CC1. The molecular weight excluding hydrogens is 316 g/mol. The molecule has 0 aromatic carbocycles. The van der Waals surface area contributed by atoms with Crippen LogP contribution in [0.25, 0.3) is 0 Å². The summed E-state index contributed by atoms with van der Waals surface area (Å²) in [4.78, 5) is 26.5. The molecule has 0 unspecified atom stereocenters. The van der Waals surface area contributed by atoms with E-state index < -0.39 is 16.4 Å². The van der Waals surface area contributed by atoms with Gasteiger partial charge in [-0.1, -0.05) is 34.6 Å². The zero-order valence-electron chi connectivity index (χ0n) is 16.4. The normalized spacial score (nSPS) is 18.4. The van der Waals surface area contributed by atoms with Crippen LogP contribution in [0.1, 0.15) is 66.7 Å². The molecule has 3 N–H and O–H groups in total. The summed E-state index contributed by atoms with van der Waals surface area (Å²) in [5.41, 5.74) is 3.64. The molecular formula is C19H34N4O2. The highest BCUT2D eigenvalue weighted by Gasteiger charge is 2.42. The number of nitrogens with one attached hydrogen (secondary N) is 1. The van der Waals surface area contributed by atoms with Crippen LogP contribution in [-0.2, 0) is 9.59 Å². The van der Waals surface area contributed by atoms with Gasteiger partial charge in [0.2, 0.25) is 11.8 Å². The van der Waals surface area contributed by atoms with Gasteiger partial charge in [0.15, 0.2) is 0 Å². The molecule has 0 saturated carbocycles. The minimum Gasteiger partial charge on any atom is -0.369 e. The lowest BCUT2D eigenvalue weighted by Gasteiger charge is -2.40. The third-order valence-electron chi connectivity index (χ3n) is 6.13. The average Bonchev–Trinajstić information content (AvgIpc) is 2.55. The Labute approximate surface area is 152 Å². The minimum atomic E-state index is -0.759. The summed E-state index contributed by atoms with van der Waals surface area (Å²) in [6.07, 6.45) is 3.23. The molecule has 0 spiro atoms. The zero-order chi connectivity index (χ0) is 19.3. The predicted octanol–water partition coefficient (Wildman–Crippen LogP) is 2.19. The number of piperidine rings is 1. The lowest BCUT2D eigenvalue weighted by Crippen LogP contribution is -2.54. The van der Waals surface area contributed by atoms with Crippen molar-refractivity contribution in [2.75, 3.05) is 19.6 Å². The molecule has 6 heteroatoms. The second kappa shape index (κ2) is 8.18. The zero-order valence-corrected chi connectivity index (χ0v) is 16.4. The standard InChI is InChI=1S/C19H34N4O2/c1-6-11-23-12-9-19(14-20,10-13-23)22-15(24)7-8-17(2,3)18(4,5)16(21)25/h6-13H2,1-5H3,(H2,21,25)(H,22,24). The molecule has 6 nitrogen and oxygen atoms in total. The second-order valence-electron chi connectivity index (χ2n) is 8.46. The Morgan fingerprint density at radius 3 is 2.24 bits per heavy atom. The van der Waals surface area contributed by atoms with E-state index in [1.807, 2.05) is 27.7 Å². The molecule has 1 aliphatic heterocycles. The van der Waals surface area contributed by atoms with Crippen molar-refractivity contribution in [2.45, 2.75) is 72.3 Å². The van der Waals surface area contributed by atoms with Crippen molar-refractivity contribution in [2.24, 2.45) is 16.6 Å². The first-order valence-electron chi connectivity index (χ1n) is 9.24. The average molecular weight is 351 g/mol. The lowest BCUT2D eigenvalue weighted by molar-refractivity contribution is -0.133. The molecule has 1 aliphatic rings. The van der Waals surface area contributed by atoms with E-state index in [0.717, 1.165) is 26.1 Å². The lowest BCUT2D eigenvalue weighted by atomic mass is 9.65. The maximum Gasteiger partial charge on any atom is 0.223 e. The van der Waals surface area contributed by atoms with E-state index in [-0.39, 0.29) is 18.2 Å². The molecule has 0 aromatic heterocycles. The van der Waals surface area contributed by atoms with E-state index in [1.165, 1.54) is 0 Å². The van der Waals surface area contributed by atoms with Crippen LogP contribution in [0, 0.1) is 22.2 Å². The summed E-state index contributed by atoms with van der Waals surface area (Å²) < 4.78 is 0. The fraction of sp³-hybridized carbons (Fsp3) is 0.842. The van der Waals surface area contributed by atoms with E-state index in [0.29, 0.717) is 19.3 Å². The van der Waals surface area contributed by atoms with Crippen LogP contribution in [-0.4, -0.2) is 41.9 Å². The second-order valence-corrected chi connectivity index (χ2v) is 8.46. The fourth-order valence-electron chi connectivity index (χ4n) is 3.14. The summed E-state index contributed by atoms with van der Waals surface area (Å²) in [6, 6.07) is 2.32. The molecule has 1 saturated heterocycles. The molecule has 142 valence electrons. The van der Waals surface area contributed by atoms with Crippen LogP contribution in [0.4, 0.5) is 0 Å². The van der Waals surface area contributed by atoms with Crippen molar-refractivity contribution < 1.29 is 9.59 Å². The van der Waals surface area contributed by atoms with E-state index in [4.69, 9.17) is 5.73 Å². The molecule has 0 aromatic rings. The molecule has 2 amide bonds. The summed E-state index contributed by atoms with van der Waals surface area (Å²) in [5.74, 6) is -0.492. The van der Waals surface area contributed by atoms with Gasteiger partial charge in [-0.2, -0.15) is 5.26 Å². The highest BCUT2D eigenvalue weighted by atomic mass is 16.2. The van der Waals surface area contributed by atoms with Gasteiger partial charge in [-0.05, 0) is 37.6 Å². The van der Waals surface area contributed by atoms with Gasteiger partial charge >= 0.3 is 0 Å². The Hall–Kier alpha value is -1.61. The molecule has 25 heavy (non-hydrogen) atoms. The van der Waals surface area contributed by atoms with Gasteiger partial charge in [-0.3, -0.25) is 9.59 Å². The van der Waals surface area contributed by atoms with Crippen LogP contribution < -0.4 is 11.1 Å². The molecule has 0 bridgehead atoms. The van der Waals surface area contributed by atoms with Crippen LogP contribution in [0.15, 0.2) is 0 Å². The van der Waals surface area contributed by atoms with Crippen molar-refractivity contribution in [3.63, 3.8) is 0 Å². The molecule has 0 aliphatic carbocycles. The number of rotatable bonds is 8. The van der Waals surface area contributed by atoms with Crippen molar-refractivity contribution in [1.82, 2.24) is 10.2 Å². The third-order valence-corrected chi connectivity index (χ3v) is 6.13. The Morgan fingerprint density at radius 1 is 1.24 bits per heavy atom. The van der Waals surface area contributed by atoms with Crippen molar-refractivity contribution in [1.29, 1.82) is 5.26 Å². The highest BCUT2D eigenvalue weighted by Crippen LogP contribution is 2.42. The van der Waals surface area contributed by atoms with Gasteiger partial charge in [-0.25, -0.2) is 0 Å². The summed E-state index contributed by atoms with van der Waals surface area (Å²) in [6.45, 7) is 12.4. The number of hydrogen-bond donors (Lipinski definition) is 2. The summed E-state index contributed by atoms with van der Waals surface area (Å²) in [7, 11) is 0. The van der Waals surface area contributed by atoms with E-state index in [9.17, 15) is 14.9 Å². The van der Waals surface area contributed by atoms with E-state index in [2.05, 4.69) is 23.2 Å². The van der Waals surface area contributed by atoms with E-state index >= 15 is 0 Å². The first-order valence-corrected chi connectivity index (χ1v) is 9.24. The predicted molar refractivity (Wildman–Crippen MR) is 98.4 cm³/mol. The first-order chi connectivity index (χ1) is 11.5. The van der Waals surface area contributed by atoms with Crippen LogP contribution >= 0.6 is 0 Å². The monoisotopic (exact) mass is 350 g/mol. The molecule has 0 radical (unpaired) electrons. The van der Waals surface area contributed by atoms with Crippen molar-refractivity contribution in [3.05, 3.63) is 0 Å². The first kappa shape index (κ1) is 21.4. The molecule has 0 atom stereocenters. The fourth-order valence-corrected chi connectivity index (χ4v) is 3.14. The number of hydrogen-bond acceptors (Lipinski definition) is 4. The maximum absolute atomic E-state index is 12.4. The Bertz CT molecular complexity index is 526. The van der Waals surface area contributed by atoms with Crippen LogP contribution in [0.2, 0.25) is 0 Å². The van der Waals surface area contributed by atoms with Gasteiger partial charge in [0.25, 0.3) is 0 Å². The smallest absolute Gasteiger partial charge is 0.223 e. The topological polar surface area (TPSA) is 99.2 Å². The van der Waals surface area contributed by atoms with Gasteiger partial charge in [0, 0.05) is 24.9 Å². The van der Waals surface area contributed by atoms with Gasteiger partial charge < -0.3 is 16.0 Å². The van der Waals surface area contributed by atoms with Gasteiger partial charge in [0.05, 0.1) is 6.07 Å². The molecule has 1 heterocycles. The number of nitriles is 1. The number of carbonyl (C=O) groups is 2. The Morgan fingerprint density at radius 2 is 1.80 bits per heavy atom. The Kier molecular flexibility index (Phi) is 7.01. The third kappa shape index (κ3) is 5.18. The Balaban J connectivity index is 2.61. The number of primary amides is 1. The van der Waals surface area contributed by atoms with Gasteiger partial charge in [0.1, 0.15) is 5.54 Å². The van der Waals surface area contributed by atoms with Gasteiger partial charge in [-0.15, -0.1) is 0 Å². The van der Waals surface area contributed by atoms with Crippen molar-refractivity contribution >= 4 is 11.8 Å². The number of nitrogens with two attached hydrogens (primary N) is 1. The van der Waals surface area contributed by atoms with Crippen molar-refractivity contribution in [3.8, 4) is 6.07 Å². The minimum absolute atomic E-state index is 0.126. The van der Waals surface area contributed by atoms with Crippen LogP contribution in [0.5, 0.6) is 0 Å².